The summed E-state index contributed by atoms with van der Waals surface area (Å²) in [6.45, 7) is 4.11. The van der Waals surface area contributed by atoms with Crippen LogP contribution in [0.25, 0.3) is 0 Å². The Balaban J connectivity index is 1.70. The topological polar surface area (TPSA) is 81.7 Å². The lowest BCUT2D eigenvalue weighted by Crippen LogP contribution is -2.20. The fourth-order valence-corrected chi connectivity index (χ4v) is 1.16. The molecule has 0 aliphatic carbocycles. The normalized spacial score (nSPS) is 10.7. The van der Waals surface area contributed by atoms with Gasteiger partial charge in [-0.15, -0.1) is 5.10 Å². The van der Waals surface area contributed by atoms with Gasteiger partial charge in [0.2, 0.25) is 0 Å². The molecule has 7 nitrogen and oxygen atoms in total. The molecule has 2 heterocycles. The van der Waals surface area contributed by atoms with Crippen molar-refractivity contribution in [1.29, 1.82) is 0 Å². The minimum absolute atomic E-state index is 0.657. The zero-order valence-electron chi connectivity index (χ0n) is 8.42. The van der Waals surface area contributed by atoms with E-state index in [2.05, 4.69) is 30.6 Å². The van der Waals surface area contributed by atoms with Crippen LogP contribution in [0.15, 0.2) is 17.0 Å². The van der Waals surface area contributed by atoms with Crippen LogP contribution in [-0.4, -0.2) is 31.9 Å². The summed E-state index contributed by atoms with van der Waals surface area (Å²) in [5.41, 5.74) is 1.66. The average Bonchev–Trinajstić information content (AvgIpc) is 2.85. The molecule has 0 spiro atoms. The molecule has 0 fully saturated rings. The van der Waals surface area contributed by atoms with Crippen LogP contribution in [0.1, 0.15) is 11.4 Å². The molecular weight excluding hydrogens is 196 g/mol. The molecule has 2 aromatic rings. The second-order valence-electron chi connectivity index (χ2n) is 3.14. The molecule has 80 valence electrons. The molecule has 7 heteroatoms. The molecule has 0 unspecified atom stereocenters. The highest BCUT2D eigenvalue weighted by atomic mass is 16.6. The van der Waals surface area contributed by atoms with E-state index in [4.69, 9.17) is 0 Å². The van der Waals surface area contributed by atoms with E-state index in [0.717, 1.165) is 24.5 Å². The highest BCUT2D eigenvalue weighted by Gasteiger charge is 2.03. The second-order valence-corrected chi connectivity index (χ2v) is 3.14. The van der Waals surface area contributed by atoms with Crippen molar-refractivity contribution in [1.82, 2.24) is 30.6 Å². The van der Waals surface area contributed by atoms with Crippen molar-refractivity contribution in [2.75, 3.05) is 6.54 Å². The number of aromatic nitrogens is 5. The van der Waals surface area contributed by atoms with Gasteiger partial charge in [0.1, 0.15) is 11.4 Å². The van der Waals surface area contributed by atoms with Gasteiger partial charge < -0.3 is 5.32 Å². The smallest absolute Gasteiger partial charge is 0.121 e. The molecular formula is C8H12N6O. The van der Waals surface area contributed by atoms with Crippen molar-refractivity contribution >= 4 is 0 Å². The van der Waals surface area contributed by atoms with Crippen LogP contribution in [0.3, 0.4) is 0 Å². The zero-order chi connectivity index (χ0) is 10.5. The van der Waals surface area contributed by atoms with E-state index in [9.17, 15) is 0 Å². The van der Waals surface area contributed by atoms with Crippen molar-refractivity contribution in [2.45, 2.75) is 20.0 Å². The summed E-state index contributed by atoms with van der Waals surface area (Å²) in [6, 6.07) is 0. The third-order valence-electron chi connectivity index (χ3n) is 2.03. The summed E-state index contributed by atoms with van der Waals surface area (Å²) >= 11 is 0. The number of aryl methyl sites for hydroxylation is 1. The van der Waals surface area contributed by atoms with Gasteiger partial charge in [0, 0.05) is 19.3 Å². The maximum atomic E-state index is 4.58. The van der Waals surface area contributed by atoms with Crippen LogP contribution < -0.4 is 5.32 Å². The molecule has 0 saturated heterocycles. The molecule has 0 atom stereocenters. The molecule has 0 amide bonds. The molecule has 2 rings (SSSR count). The standard InChI is InChI=1S/C8H12N6O/c1-7-8(12-15-11-7)6-9-2-4-14-5-3-10-13-14/h3,5,9H,2,4,6H2,1H3. The van der Waals surface area contributed by atoms with E-state index >= 15 is 0 Å². The van der Waals surface area contributed by atoms with Gasteiger partial charge in [-0.3, -0.25) is 4.68 Å². The Bertz CT molecular complexity index is 395. The van der Waals surface area contributed by atoms with Gasteiger partial charge in [-0.2, -0.15) is 0 Å². The molecule has 0 aliphatic rings. The molecule has 2 aromatic heterocycles. The number of hydrogen-bond donors (Lipinski definition) is 1. The fourth-order valence-electron chi connectivity index (χ4n) is 1.16. The Morgan fingerprint density at radius 1 is 1.47 bits per heavy atom. The number of nitrogens with zero attached hydrogens (tertiary/aromatic N) is 5. The summed E-state index contributed by atoms with van der Waals surface area (Å²) in [7, 11) is 0. The van der Waals surface area contributed by atoms with Gasteiger partial charge in [0.05, 0.1) is 12.7 Å². The Morgan fingerprint density at radius 3 is 3.07 bits per heavy atom. The quantitative estimate of drug-likeness (QED) is 0.683. The summed E-state index contributed by atoms with van der Waals surface area (Å²) < 4.78 is 6.35. The first-order chi connectivity index (χ1) is 7.36. The Hall–Kier alpha value is -1.76. The van der Waals surface area contributed by atoms with E-state index in [1.807, 2.05) is 13.1 Å². The summed E-state index contributed by atoms with van der Waals surface area (Å²) in [6.07, 6.45) is 3.48. The highest BCUT2D eigenvalue weighted by molar-refractivity contribution is 5.03. The van der Waals surface area contributed by atoms with E-state index in [-0.39, 0.29) is 0 Å². The largest absolute Gasteiger partial charge is 0.309 e. The van der Waals surface area contributed by atoms with Gasteiger partial charge in [0.25, 0.3) is 0 Å². The van der Waals surface area contributed by atoms with Crippen molar-refractivity contribution < 1.29 is 4.63 Å². The summed E-state index contributed by atoms with van der Waals surface area (Å²) in [5, 5.41) is 18.2. The lowest BCUT2D eigenvalue weighted by atomic mass is 10.3. The molecule has 0 bridgehead atoms. The number of nitrogens with one attached hydrogen (secondary N) is 1. The lowest BCUT2D eigenvalue weighted by Gasteiger charge is -2.01. The maximum Gasteiger partial charge on any atom is 0.121 e. The van der Waals surface area contributed by atoms with E-state index < -0.39 is 0 Å². The monoisotopic (exact) mass is 208 g/mol. The fraction of sp³-hybridized carbons (Fsp3) is 0.500. The van der Waals surface area contributed by atoms with Crippen LogP contribution >= 0.6 is 0 Å². The van der Waals surface area contributed by atoms with Gasteiger partial charge >= 0.3 is 0 Å². The van der Waals surface area contributed by atoms with Gasteiger partial charge in [-0.05, 0) is 6.92 Å². The number of rotatable bonds is 5. The van der Waals surface area contributed by atoms with E-state index in [0.29, 0.717) is 6.54 Å². The van der Waals surface area contributed by atoms with Crippen molar-refractivity contribution in [3.8, 4) is 0 Å². The lowest BCUT2D eigenvalue weighted by molar-refractivity contribution is 0.300. The van der Waals surface area contributed by atoms with Gasteiger partial charge in [0.15, 0.2) is 0 Å². The summed E-state index contributed by atoms with van der Waals surface area (Å²) in [4.78, 5) is 0. The molecule has 0 radical (unpaired) electrons. The maximum absolute atomic E-state index is 4.58. The van der Waals surface area contributed by atoms with Crippen LogP contribution in [0.5, 0.6) is 0 Å². The van der Waals surface area contributed by atoms with Crippen molar-refractivity contribution in [3.05, 3.63) is 23.8 Å². The number of hydrogen-bond acceptors (Lipinski definition) is 6. The van der Waals surface area contributed by atoms with Crippen LogP contribution in [0.2, 0.25) is 0 Å². The zero-order valence-corrected chi connectivity index (χ0v) is 8.42. The van der Waals surface area contributed by atoms with Crippen LogP contribution in [0, 0.1) is 6.92 Å². The average molecular weight is 208 g/mol. The van der Waals surface area contributed by atoms with Crippen LogP contribution in [0.4, 0.5) is 0 Å². The molecule has 0 aromatic carbocycles. The molecule has 0 aliphatic heterocycles. The SMILES string of the molecule is Cc1nonc1CNCCn1ccnn1. The third-order valence-corrected chi connectivity index (χ3v) is 2.03. The first kappa shape index (κ1) is 9.78. The highest BCUT2D eigenvalue weighted by Crippen LogP contribution is 1.98. The van der Waals surface area contributed by atoms with Crippen LogP contribution in [-0.2, 0) is 13.1 Å². The Morgan fingerprint density at radius 2 is 2.40 bits per heavy atom. The third kappa shape index (κ3) is 2.59. The Kier molecular flexibility index (Phi) is 3.03. The Labute approximate surface area is 86.4 Å². The van der Waals surface area contributed by atoms with Gasteiger partial charge in [-0.1, -0.05) is 15.5 Å². The second kappa shape index (κ2) is 4.65. The molecule has 1 N–H and O–H groups in total. The predicted molar refractivity (Wildman–Crippen MR) is 50.8 cm³/mol. The first-order valence-corrected chi connectivity index (χ1v) is 4.69. The summed E-state index contributed by atoms with van der Waals surface area (Å²) in [5.74, 6) is 0. The first-order valence-electron chi connectivity index (χ1n) is 4.69. The van der Waals surface area contributed by atoms with Gasteiger partial charge in [-0.25, -0.2) is 4.63 Å². The molecule has 15 heavy (non-hydrogen) atoms. The minimum atomic E-state index is 0.657. The van der Waals surface area contributed by atoms with E-state index in [1.165, 1.54) is 0 Å². The predicted octanol–water partition coefficient (Wildman–Crippen LogP) is -0.241. The van der Waals surface area contributed by atoms with Crippen molar-refractivity contribution in [2.24, 2.45) is 0 Å². The minimum Gasteiger partial charge on any atom is -0.309 e. The van der Waals surface area contributed by atoms with E-state index in [1.54, 1.807) is 10.9 Å². The van der Waals surface area contributed by atoms with Crippen molar-refractivity contribution in [3.63, 3.8) is 0 Å². The molecule has 0 saturated carbocycles.